The van der Waals surface area contributed by atoms with Gasteiger partial charge in [0.1, 0.15) is 17.8 Å². The highest BCUT2D eigenvalue weighted by atomic mass is 31.2. The summed E-state index contributed by atoms with van der Waals surface area (Å²) in [5.74, 6) is -3.00. The first-order valence-corrected chi connectivity index (χ1v) is 13.4. The normalized spacial score (nSPS) is 12.8. The lowest BCUT2D eigenvalue weighted by Gasteiger charge is -2.28. The Hall–Kier alpha value is -2.99. The molecule has 2 atom stereocenters. The van der Waals surface area contributed by atoms with Gasteiger partial charge in [0.25, 0.3) is 0 Å². The molecule has 0 bridgehead atoms. The Morgan fingerprint density at radius 2 is 1.68 bits per heavy atom. The molecule has 0 aliphatic heterocycles. The average molecular weight is 546 g/mol. The number of amides is 3. The summed E-state index contributed by atoms with van der Waals surface area (Å²) in [6, 6.07) is 3.18. The van der Waals surface area contributed by atoms with Crippen molar-refractivity contribution in [2.75, 3.05) is 19.7 Å². The van der Waals surface area contributed by atoms with Crippen molar-refractivity contribution in [3.63, 3.8) is 0 Å². The van der Waals surface area contributed by atoms with E-state index in [1.165, 1.54) is 36.1 Å². The molecule has 0 fully saturated rings. The zero-order valence-electron chi connectivity index (χ0n) is 21.0. The third kappa shape index (κ3) is 13.2. The monoisotopic (exact) mass is 545 g/mol. The van der Waals surface area contributed by atoms with Crippen LogP contribution in [0.15, 0.2) is 24.3 Å². The molecule has 0 heterocycles. The molecule has 0 radical (unpaired) electrons. The Balaban J connectivity index is 3.07. The van der Waals surface area contributed by atoms with E-state index in [2.05, 4.69) is 15.2 Å². The van der Waals surface area contributed by atoms with E-state index in [9.17, 15) is 28.8 Å². The van der Waals surface area contributed by atoms with Gasteiger partial charge in [-0.25, -0.2) is 4.57 Å². The summed E-state index contributed by atoms with van der Waals surface area (Å²) < 4.78 is 15.5. The number of nitrogens with one attached hydrogen (secondary N) is 2. The molecule has 6 N–H and O–H groups in total. The van der Waals surface area contributed by atoms with Gasteiger partial charge in [-0.1, -0.05) is 31.9 Å². The summed E-state index contributed by atoms with van der Waals surface area (Å²) >= 11 is 0. The van der Waals surface area contributed by atoms with Gasteiger partial charge >= 0.3 is 13.8 Å². The second kappa shape index (κ2) is 16.0. The zero-order valence-corrected chi connectivity index (χ0v) is 21.9. The van der Waals surface area contributed by atoms with E-state index in [0.717, 1.165) is 12.8 Å². The number of rotatable bonds is 17. The van der Waals surface area contributed by atoms with Crippen LogP contribution in [0.2, 0.25) is 0 Å². The van der Waals surface area contributed by atoms with Gasteiger partial charge in [0.15, 0.2) is 0 Å². The van der Waals surface area contributed by atoms with Gasteiger partial charge in [-0.3, -0.25) is 29.0 Å². The number of nitrogens with zero attached hydrogens (tertiary/aromatic N) is 1. The predicted octanol–water partition coefficient (Wildman–Crippen LogP) is 0.566. The molecule has 3 amide bonds. The first-order chi connectivity index (χ1) is 17.4. The van der Waals surface area contributed by atoms with E-state index in [-0.39, 0.29) is 38.2 Å². The van der Waals surface area contributed by atoms with E-state index >= 15 is 0 Å². The van der Waals surface area contributed by atoms with Crippen molar-refractivity contribution in [3.05, 3.63) is 29.8 Å². The lowest BCUT2D eigenvalue weighted by atomic mass is 10.0. The van der Waals surface area contributed by atoms with Crippen LogP contribution in [0.5, 0.6) is 5.75 Å². The Morgan fingerprint density at radius 1 is 1.03 bits per heavy atom. The molecular formula is C23H36N3O10P. The van der Waals surface area contributed by atoms with Crippen molar-refractivity contribution in [1.29, 1.82) is 0 Å². The molecule has 1 aromatic carbocycles. The van der Waals surface area contributed by atoms with Crippen LogP contribution in [0, 0.1) is 0 Å². The zero-order chi connectivity index (χ0) is 28.0. The topological polar surface area (TPSA) is 203 Å². The number of benzene rings is 1. The number of hydrogen-bond donors (Lipinski definition) is 6. The quantitative estimate of drug-likeness (QED) is 0.119. The molecule has 0 spiro atoms. The molecule has 0 aliphatic rings. The molecule has 0 unspecified atom stereocenters. The third-order valence-electron chi connectivity index (χ3n) is 5.26. The number of phosphoric acid groups is 1. The molecule has 0 saturated heterocycles. The highest BCUT2D eigenvalue weighted by molar-refractivity contribution is 7.46. The summed E-state index contributed by atoms with van der Waals surface area (Å²) in [4.78, 5) is 68.4. The molecule has 1 rings (SSSR count). The smallest absolute Gasteiger partial charge is 0.481 e. The molecule has 13 nitrogen and oxygen atoms in total. The Labute approximate surface area is 215 Å². The highest BCUT2D eigenvalue weighted by Gasteiger charge is 2.29. The predicted molar refractivity (Wildman–Crippen MR) is 132 cm³/mol. The minimum atomic E-state index is -4.74. The van der Waals surface area contributed by atoms with Gasteiger partial charge in [-0.15, -0.1) is 0 Å². The fourth-order valence-electron chi connectivity index (χ4n) is 3.54. The summed E-state index contributed by atoms with van der Waals surface area (Å²) in [5.41, 5.74) is 0.516. The van der Waals surface area contributed by atoms with E-state index in [4.69, 9.17) is 14.9 Å². The minimum absolute atomic E-state index is 0.0279. The first-order valence-electron chi connectivity index (χ1n) is 11.9. The van der Waals surface area contributed by atoms with Gasteiger partial charge in [0.05, 0.1) is 6.61 Å². The summed E-state index contributed by atoms with van der Waals surface area (Å²) in [5, 5.41) is 23.5. The van der Waals surface area contributed by atoms with Crippen LogP contribution in [-0.2, 0) is 30.2 Å². The van der Waals surface area contributed by atoms with Crippen molar-refractivity contribution in [1.82, 2.24) is 15.5 Å². The van der Waals surface area contributed by atoms with Crippen molar-refractivity contribution in [2.24, 2.45) is 0 Å². The van der Waals surface area contributed by atoms with Crippen LogP contribution in [0.4, 0.5) is 0 Å². The standard InChI is InChI=1S/C23H36N3O10P/c1-3-4-5-12-26(13-14-27)23(32)19(10-11-21(29)30)25-22(31)20(24-16(2)28)15-17-6-8-18(9-7-17)36-37(33,34)35/h6-9,19-20,27H,3-5,10-15H2,1-2H3,(H,24,28)(H,25,31)(H,29,30)(H2,33,34,35)/t19-,20-/m0/s1. The number of aliphatic carboxylic acids is 1. The van der Waals surface area contributed by atoms with Crippen LogP contribution in [-0.4, -0.2) is 80.4 Å². The van der Waals surface area contributed by atoms with Crippen LogP contribution >= 0.6 is 7.82 Å². The van der Waals surface area contributed by atoms with Gasteiger partial charge in [0, 0.05) is 32.9 Å². The molecule has 0 aromatic heterocycles. The number of unbranched alkanes of at least 4 members (excludes halogenated alkanes) is 2. The maximum Gasteiger partial charge on any atom is 0.524 e. The van der Waals surface area contributed by atoms with E-state index in [0.29, 0.717) is 18.5 Å². The molecule has 1 aromatic rings. The molecule has 37 heavy (non-hydrogen) atoms. The van der Waals surface area contributed by atoms with Crippen molar-refractivity contribution >= 4 is 31.5 Å². The maximum absolute atomic E-state index is 13.2. The SMILES string of the molecule is CCCCCN(CCO)C(=O)[C@H](CCC(=O)O)NC(=O)[C@H](Cc1ccc(OP(=O)(O)O)cc1)NC(C)=O. The number of carboxylic acid groups (broad SMARTS) is 1. The Morgan fingerprint density at radius 3 is 2.19 bits per heavy atom. The molecule has 14 heteroatoms. The van der Waals surface area contributed by atoms with Crippen LogP contribution < -0.4 is 15.2 Å². The third-order valence-corrected chi connectivity index (χ3v) is 5.70. The van der Waals surface area contributed by atoms with Gasteiger partial charge < -0.3 is 30.3 Å². The number of hydrogen-bond acceptors (Lipinski definition) is 7. The largest absolute Gasteiger partial charge is 0.524 e. The lowest BCUT2D eigenvalue weighted by molar-refractivity contribution is -0.140. The van der Waals surface area contributed by atoms with Crippen molar-refractivity contribution in [3.8, 4) is 5.75 Å². The summed E-state index contributed by atoms with van der Waals surface area (Å²) in [6.45, 7) is 3.27. The van der Waals surface area contributed by atoms with E-state index in [1.807, 2.05) is 6.92 Å². The highest BCUT2D eigenvalue weighted by Crippen LogP contribution is 2.37. The van der Waals surface area contributed by atoms with Gasteiger partial charge in [0.2, 0.25) is 17.7 Å². The van der Waals surface area contributed by atoms with Crippen LogP contribution in [0.1, 0.15) is 51.5 Å². The Kier molecular flexibility index (Phi) is 13.8. The number of carboxylic acids is 1. The number of aliphatic hydroxyl groups is 1. The first kappa shape index (κ1) is 32.0. The van der Waals surface area contributed by atoms with Gasteiger partial charge in [-0.05, 0) is 30.5 Å². The van der Waals surface area contributed by atoms with Crippen molar-refractivity contribution in [2.45, 2.75) is 64.5 Å². The van der Waals surface area contributed by atoms with Crippen LogP contribution in [0.25, 0.3) is 0 Å². The minimum Gasteiger partial charge on any atom is -0.481 e. The number of aliphatic hydroxyl groups excluding tert-OH is 1. The van der Waals surface area contributed by atoms with E-state index < -0.39 is 43.6 Å². The van der Waals surface area contributed by atoms with Crippen molar-refractivity contribution < 1.29 is 48.3 Å². The van der Waals surface area contributed by atoms with Gasteiger partial charge in [-0.2, -0.15) is 0 Å². The average Bonchev–Trinajstić information content (AvgIpc) is 2.80. The van der Waals surface area contributed by atoms with E-state index in [1.54, 1.807) is 0 Å². The molecular weight excluding hydrogens is 509 g/mol. The lowest BCUT2D eigenvalue weighted by Crippen LogP contribution is -2.55. The second-order valence-corrected chi connectivity index (χ2v) is 9.60. The summed E-state index contributed by atoms with van der Waals surface area (Å²) in [7, 11) is -4.74. The molecule has 208 valence electrons. The second-order valence-electron chi connectivity index (χ2n) is 8.43. The van der Waals surface area contributed by atoms with Crippen LogP contribution in [0.3, 0.4) is 0 Å². The summed E-state index contributed by atoms with van der Waals surface area (Å²) in [6.07, 6.45) is 1.84. The number of phosphoric ester groups is 1. The number of carbonyl (C=O) groups is 4. The number of carbonyl (C=O) groups excluding carboxylic acids is 3. The fourth-order valence-corrected chi connectivity index (χ4v) is 3.93. The maximum atomic E-state index is 13.2. The Bertz CT molecular complexity index is 951. The molecule has 0 aliphatic carbocycles. The fraction of sp³-hybridized carbons (Fsp3) is 0.565. The molecule has 0 saturated carbocycles.